The van der Waals surface area contributed by atoms with Crippen molar-refractivity contribution in [1.29, 1.82) is 0 Å². The number of non-ortho nitro benzene ring substituents is 1. The molecule has 0 unspecified atom stereocenters. The molecule has 3 aromatic rings. The third kappa shape index (κ3) is 4.78. The molecule has 29 heavy (non-hydrogen) atoms. The Bertz CT molecular complexity index is 1040. The van der Waals surface area contributed by atoms with E-state index in [-0.39, 0.29) is 11.6 Å². The van der Waals surface area contributed by atoms with Crippen molar-refractivity contribution in [3.05, 3.63) is 82.4 Å². The Labute approximate surface area is 169 Å². The minimum Gasteiger partial charge on any atom is -0.326 e. The maximum atomic E-state index is 12.4. The molecular weight excluding hydrogens is 366 g/mol. The SMILES string of the molecule is O=C(CCN(Cc1cccc2ccccc12)C1CC1)Nc1cccc([N+](=O)[O-])c1. The normalized spacial score (nSPS) is 13.6. The van der Waals surface area contributed by atoms with Gasteiger partial charge in [-0.25, -0.2) is 0 Å². The first-order chi connectivity index (χ1) is 14.1. The summed E-state index contributed by atoms with van der Waals surface area (Å²) in [4.78, 5) is 25.2. The van der Waals surface area contributed by atoms with E-state index in [1.807, 2.05) is 6.07 Å². The molecule has 1 amide bonds. The lowest BCUT2D eigenvalue weighted by Gasteiger charge is -2.22. The number of fused-ring (bicyclic) bond motifs is 1. The van der Waals surface area contributed by atoms with Crippen LogP contribution in [0.25, 0.3) is 10.8 Å². The number of benzene rings is 3. The summed E-state index contributed by atoms with van der Waals surface area (Å²) in [6.45, 7) is 1.48. The van der Waals surface area contributed by atoms with Crippen molar-refractivity contribution < 1.29 is 9.72 Å². The molecule has 1 aliphatic rings. The molecule has 0 atom stereocenters. The largest absolute Gasteiger partial charge is 0.326 e. The second kappa shape index (κ2) is 8.41. The monoisotopic (exact) mass is 389 g/mol. The first-order valence-corrected chi connectivity index (χ1v) is 9.85. The van der Waals surface area contributed by atoms with Crippen LogP contribution in [0.5, 0.6) is 0 Å². The van der Waals surface area contributed by atoms with Crippen LogP contribution in [0.3, 0.4) is 0 Å². The van der Waals surface area contributed by atoms with Crippen LogP contribution in [-0.4, -0.2) is 28.3 Å². The minimum atomic E-state index is -0.464. The summed E-state index contributed by atoms with van der Waals surface area (Å²) in [6, 6.07) is 21.3. The smallest absolute Gasteiger partial charge is 0.271 e. The molecule has 0 spiro atoms. The van der Waals surface area contributed by atoms with E-state index in [1.54, 1.807) is 12.1 Å². The van der Waals surface area contributed by atoms with Crippen molar-refractivity contribution >= 4 is 28.1 Å². The van der Waals surface area contributed by atoms with Gasteiger partial charge in [-0.2, -0.15) is 0 Å². The van der Waals surface area contributed by atoms with Crippen molar-refractivity contribution in [2.45, 2.75) is 31.8 Å². The van der Waals surface area contributed by atoms with E-state index >= 15 is 0 Å². The Morgan fingerprint density at radius 3 is 2.62 bits per heavy atom. The van der Waals surface area contributed by atoms with Crippen LogP contribution in [0.15, 0.2) is 66.7 Å². The van der Waals surface area contributed by atoms with Crippen LogP contribution in [0.4, 0.5) is 11.4 Å². The first kappa shape index (κ1) is 19.1. The molecule has 3 aromatic carbocycles. The molecule has 0 saturated heterocycles. The fourth-order valence-corrected chi connectivity index (χ4v) is 3.65. The standard InChI is InChI=1S/C23H23N3O3/c27-23(24-19-8-4-9-21(15-19)26(28)29)13-14-25(20-11-12-20)16-18-7-3-6-17-5-1-2-10-22(17)18/h1-10,15,20H,11-14,16H2,(H,24,27). The highest BCUT2D eigenvalue weighted by atomic mass is 16.6. The Kier molecular flexibility index (Phi) is 5.53. The summed E-state index contributed by atoms with van der Waals surface area (Å²) in [7, 11) is 0. The second-order valence-corrected chi connectivity index (χ2v) is 7.45. The summed E-state index contributed by atoms with van der Waals surface area (Å²) in [5.74, 6) is -0.130. The fraction of sp³-hybridized carbons (Fsp3) is 0.261. The Morgan fingerprint density at radius 2 is 1.83 bits per heavy atom. The number of amides is 1. The van der Waals surface area contributed by atoms with Crippen molar-refractivity contribution in [3.63, 3.8) is 0 Å². The minimum absolute atomic E-state index is 0.0293. The van der Waals surface area contributed by atoms with Crippen LogP contribution in [-0.2, 0) is 11.3 Å². The van der Waals surface area contributed by atoms with Gasteiger partial charge >= 0.3 is 0 Å². The third-order valence-corrected chi connectivity index (χ3v) is 5.28. The van der Waals surface area contributed by atoms with Gasteiger partial charge in [-0.05, 0) is 35.2 Å². The molecule has 0 aromatic heterocycles. The van der Waals surface area contributed by atoms with Gasteiger partial charge in [0.2, 0.25) is 5.91 Å². The number of nitrogens with zero attached hydrogens (tertiary/aromatic N) is 2. The Hall–Kier alpha value is -3.25. The zero-order chi connectivity index (χ0) is 20.2. The van der Waals surface area contributed by atoms with Crippen LogP contribution in [0.1, 0.15) is 24.8 Å². The maximum absolute atomic E-state index is 12.4. The molecule has 0 heterocycles. The van der Waals surface area contributed by atoms with Gasteiger partial charge < -0.3 is 5.32 Å². The van der Waals surface area contributed by atoms with Crippen molar-refractivity contribution in [2.24, 2.45) is 0 Å². The maximum Gasteiger partial charge on any atom is 0.271 e. The molecule has 6 heteroatoms. The highest BCUT2D eigenvalue weighted by Gasteiger charge is 2.29. The quantitative estimate of drug-likeness (QED) is 0.446. The molecule has 0 aliphatic heterocycles. The molecule has 1 fully saturated rings. The Morgan fingerprint density at radius 1 is 1.07 bits per heavy atom. The lowest BCUT2D eigenvalue weighted by molar-refractivity contribution is -0.384. The highest BCUT2D eigenvalue weighted by molar-refractivity contribution is 5.91. The number of anilines is 1. The third-order valence-electron chi connectivity index (χ3n) is 5.28. The van der Waals surface area contributed by atoms with Crippen LogP contribution < -0.4 is 5.32 Å². The van der Waals surface area contributed by atoms with Crippen molar-refractivity contribution in [3.8, 4) is 0 Å². The van der Waals surface area contributed by atoms with Crippen LogP contribution in [0, 0.1) is 10.1 Å². The van der Waals surface area contributed by atoms with E-state index in [0.717, 1.165) is 19.4 Å². The number of rotatable bonds is 8. The molecule has 0 bridgehead atoms. The lowest BCUT2D eigenvalue weighted by atomic mass is 10.0. The lowest BCUT2D eigenvalue weighted by Crippen LogP contribution is -2.29. The average molecular weight is 389 g/mol. The van der Waals surface area contributed by atoms with Gasteiger partial charge in [-0.3, -0.25) is 19.8 Å². The number of nitro benzene ring substituents is 1. The number of hydrogen-bond donors (Lipinski definition) is 1. The molecule has 0 radical (unpaired) electrons. The number of carbonyl (C=O) groups excluding carboxylic acids is 1. The van der Waals surface area contributed by atoms with E-state index in [1.165, 1.54) is 28.5 Å². The predicted octanol–water partition coefficient (Wildman–Crippen LogP) is 4.74. The molecule has 6 nitrogen and oxygen atoms in total. The molecule has 1 N–H and O–H groups in total. The zero-order valence-corrected chi connectivity index (χ0v) is 16.1. The van der Waals surface area contributed by atoms with Gasteiger partial charge in [0, 0.05) is 43.4 Å². The van der Waals surface area contributed by atoms with Gasteiger partial charge in [-0.1, -0.05) is 48.5 Å². The summed E-state index contributed by atoms with van der Waals surface area (Å²) in [6.07, 6.45) is 2.68. The van der Waals surface area contributed by atoms with E-state index in [4.69, 9.17) is 0 Å². The van der Waals surface area contributed by atoms with Gasteiger partial charge in [0.15, 0.2) is 0 Å². The summed E-state index contributed by atoms with van der Waals surface area (Å²) < 4.78 is 0. The highest BCUT2D eigenvalue weighted by Crippen LogP contribution is 2.30. The molecule has 148 valence electrons. The summed E-state index contributed by atoms with van der Waals surface area (Å²) >= 11 is 0. The van der Waals surface area contributed by atoms with Crippen molar-refractivity contribution in [2.75, 3.05) is 11.9 Å². The van der Waals surface area contributed by atoms with Crippen LogP contribution in [0.2, 0.25) is 0 Å². The predicted molar refractivity (Wildman–Crippen MR) is 114 cm³/mol. The van der Waals surface area contributed by atoms with Gasteiger partial charge in [0.1, 0.15) is 0 Å². The van der Waals surface area contributed by atoms with E-state index in [9.17, 15) is 14.9 Å². The topological polar surface area (TPSA) is 75.5 Å². The summed E-state index contributed by atoms with van der Waals surface area (Å²) in [5.41, 5.74) is 1.70. The van der Waals surface area contributed by atoms with E-state index in [2.05, 4.69) is 46.6 Å². The molecule has 4 rings (SSSR count). The van der Waals surface area contributed by atoms with Crippen molar-refractivity contribution in [1.82, 2.24) is 4.90 Å². The zero-order valence-electron chi connectivity index (χ0n) is 16.1. The number of hydrogen-bond acceptors (Lipinski definition) is 4. The number of nitro groups is 1. The van der Waals surface area contributed by atoms with Gasteiger partial charge in [0.05, 0.1) is 4.92 Å². The van der Waals surface area contributed by atoms with E-state index in [0.29, 0.717) is 24.7 Å². The molecule has 1 aliphatic carbocycles. The Balaban J connectivity index is 1.39. The molecular formula is C23H23N3O3. The number of carbonyl (C=O) groups is 1. The number of nitrogens with one attached hydrogen (secondary N) is 1. The van der Waals surface area contributed by atoms with Gasteiger partial charge in [0.25, 0.3) is 5.69 Å². The first-order valence-electron chi connectivity index (χ1n) is 9.85. The van der Waals surface area contributed by atoms with Crippen LogP contribution >= 0.6 is 0 Å². The molecule has 1 saturated carbocycles. The summed E-state index contributed by atoms with van der Waals surface area (Å²) in [5, 5.41) is 16.1. The second-order valence-electron chi connectivity index (χ2n) is 7.45. The van der Waals surface area contributed by atoms with E-state index < -0.39 is 4.92 Å². The van der Waals surface area contributed by atoms with Gasteiger partial charge in [-0.15, -0.1) is 0 Å². The average Bonchev–Trinajstić information content (AvgIpc) is 3.56. The fourth-order valence-electron chi connectivity index (χ4n) is 3.65.